The lowest BCUT2D eigenvalue weighted by molar-refractivity contribution is 0.823. The molecule has 2 aromatic heterocycles. The van der Waals surface area contributed by atoms with Crippen molar-refractivity contribution in [2.75, 3.05) is 0 Å². The molecule has 0 amide bonds. The topological polar surface area (TPSA) is 63.1 Å². The lowest BCUT2D eigenvalue weighted by Gasteiger charge is -2.05. The number of hydrogen-bond donors (Lipinski definition) is 1. The largest absolute Gasteiger partial charge is 0.295 e. The minimum Gasteiger partial charge on any atom is -0.295 e. The van der Waals surface area contributed by atoms with E-state index in [0.717, 1.165) is 24.1 Å². The maximum absolute atomic E-state index is 11.9. The molecule has 0 aliphatic rings. The summed E-state index contributed by atoms with van der Waals surface area (Å²) in [4.78, 5) is 11.9. The van der Waals surface area contributed by atoms with Crippen molar-refractivity contribution in [3.05, 3.63) is 27.8 Å². The van der Waals surface area contributed by atoms with Crippen molar-refractivity contribution in [1.82, 2.24) is 19.8 Å². The fourth-order valence-corrected chi connectivity index (χ4v) is 1.62. The summed E-state index contributed by atoms with van der Waals surface area (Å²) in [6.07, 6.45) is 3.05. The Morgan fingerprint density at radius 2 is 2.21 bits per heavy atom. The van der Waals surface area contributed by atoms with E-state index in [1.54, 1.807) is 4.52 Å². The molecule has 2 aromatic rings. The van der Waals surface area contributed by atoms with Crippen LogP contribution >= 0.6 is 0 Å². The molecular weight excluding hydrogens is 180 g/mol. The molecule has 0 atom stereocenters. The number of nitrogens with one attached hydrogen (secondary N) is 1. The molecule has 0 saturated carbocycles. The van der Waals surface area contributed by atoms with Gasteiger partial charge >= 0.3 is 0 Å². The first-order valence-electron chi connectivity index (χ1n) is 4.71. The van der Waals surface area contributed by atoms with E-state index < -0.39 is 0 Å². The van der Waals surface area contributed by atoms with Crippen molar-refractivity contribution in [2.45, 2.75) is 26.7 Å². The van der Waals surface area contributed by atoms with Crippen LogP contribution < -0.4 is 5.43 Å². The van der Waals surface area contributed by atoms with Gasteiger partial charge in [-0.15, -0.1) is 10.2 Å². The maximum atomic E-state index is 11.9. The van der Waals surface area contributed by atoms with E-state index >= 15 is 0 Å². The molecule has 1 N–H and O–H groups in total. The van der Waals surface area contributed by atoms with Crippen molar-refractivity contribution in [1.29, 1.82) is 0 Å². The van der Waals surface area contributed by atoms with Gasteiger partial charge in [-0.1, -0.05) is 13.8 Å². The molecule has 14 heavy (non-hydrogen) atoms. The van der Waals surface area contributed by atoms with Crippen LogP contribution in [0.3, 0.4) is 0 Å². The van der Waals surface area contributed by atoms with E-state index in [1.807, 2.05) is 13.8 Å². The Labute approximate surface area is 80.8 Å². The van der Waals surface area contributed by atoms with Crippen molar-refractivity contribution in [3.8, 4) is 0 Å². The summed E-state index contributed by atoms with van der Waals surface area (Å²) < 4.78 is 1.57. The van der Waals surface area contributed by atoms with Crippen molar-refractivity contribution < 1.29 is 0 Å². The van der Waals surface area contributed by atoms with Gasteiger partial charge in [0.15, 0.2) is 0 Å². The van der Waals surface area contributed by atoms with E-state index in [1.165, 1.54) is 6.33 Å². The maximum Gasteiger partial charge on any atom is 0.229 e. The average Bonchev–Trinajstić information content (AvgIpc) is 2.65. The molecule has 0 unspecified atom stereocenters. The second kappa shape index (κ2) is 3.25. The van der Waals surface area contributed by atoms with Crippen molar-refractivity contribution in [3.63, 3.8) is 0 Å². The van der Waals surface area contributed by atoms with Crippen LogP contribution in [0.4, 0.5) is 0 Å². The summed E-state index contributed by atoms with van der Waals surface area (Å²) in [5.41, 5.74) is 2.14. The fourth-order valence-electron chi connectivity index (χ4n) is 1.62. The monoisotopic (exact) mass is 192 g/mol. The number of H-pyrrole nitrogens is 1. The summed E-state index contributed by atoms with van der Waals surface area (Å²) in [6, 6.07) is 0. The molecular formula is C9H12N4O. The van der Waals surface area contributed by atoms with E-state index in [9.17, 15) is 4.79 Å². The molecule has 0 aromatic carbocycles. The van der Waals surface area contributed by atoms with Gasteiger partial charge in [-0.3, -0.25) is 9.89 Å². The van der Waals surface area contributed by atoms with E-state index in [4.69, 9.17) is 0 Å². The van der Waals surface area contributed by atoms with Gasteiger partial charge < -0.3 is 0 Å². The van der Waals surface area contributed by atoms with Gasteiger partial charge in [0.25, 0.3) is 0 Å². The second-order valence-corrected chi connectivity index (χ2v) is 3.13. The molecule has 0 spiro atoms. The number of aromatic amines is 1. The second-order valence-electron chi connectivity index (χ2n) is 3.13. The minimum atomic E-state index is -0.0133. The van der Waals surface area contributed by atoms with Crippen LogP contribution in [0.2, 0.25) is 0 Å². The van der Waals surface area contributed by atoms with Crippen LogP contribution in [0.15, 0.2) is 11.1 Å². The van der Waals surface area contributed by atoms with Gasteiger partial charge in [-0.25, -0.2) is 4.52 Å². The molecule has 0 aliphatic carbocycles. The van der Waals surface area contributed by atoms with Crippen LogP contribution in [0.25, 0.3) is 5.65 Å². The Hall–Kier alpha value is -1.65. The van der Waals surface area contributed by atoms with Crippen LogP contribution in [0, 0.1) is 0 Å². The SMILES string of the molecule is CCc1[nH]n2cnnc2c(=O)c1CC. The smallest absolute Gasteiger partial charge is 0.229 e. The average molecular weight is 192 g/mol. The third-order valence-corrected chi connectivity index (χ3v) is 2.35. The molecule has 74 valence electrons. The van der Waals surface area contributed by atoms with Crippen LogP contribution in [-0.2, 0) is 12.8 Å². The Morgan fingerprint density at radius 3 is 2.86 bits per heavy atom. The first-order valence-corrected chi connectivity index (χ1v) is 4.71. The van der Waals surface area contributed by atoms with Crippen molar-refractivity contribution in [2.24, 2.45) is 0 Å². The first-order chi connectivity index (χ1) is 6.77. The molecule has 2 heterocycles. The number of aryl methyl sites for hydroxylation is 1. The standard InChI is InChI=1S/C9H12N4O/c1-3-6-7(4-2)12-13-5-10-11-9(13)8(6)14/h5,12H,3-4H2,1-2H3. The van der Waals surface area contributed by atoms with Crippen molar-refractivity contribution >= 4 is 5.65 Å². The van der Waals surface area contributed by atoms with E-state index in [-0.39, 0.29) is 5.43 Å². The third-order valence-electron chi connectivity index (χ3n) is 2.35. The van der Waals surface area contributed by atoms with E-state index in [0.29, 0.717) is 5.65 Å². The summed E-state index contributed by atoms with van der Waals surface area (Å²) in [5, 5.41) is 10.6. The zero-order valence-corrected chi connectivity index (χ0v) is 8.24. The normalized spacial score (nSPS) is 11.0. The highest BCUT2D eigenvalue weighted by Crippen LogP contribution is 2.03. The molecule has 5 heteroatoms. The molecule has 2 rings (SSSR count). The molecule has 0 aliphatic heterocycles. The minimum absolute atomic E-state index is 0.0133. The van der Waals surface area contributed by atoms with Crippen LogP contribution in [0.5, 0.6) is 0 Å². The van der Waals surface area contributed by atoms with Crippen LogP contribution in [-0.4, -0.2) is 19.8 Å². The third kappa shape index (κ3) is 1.13. The summed E-state index contributed by atoms with van der Waals surface area (Å²) in [6.45, 7) is 3.98. The van der Waals surface area contributed by atoms with Gasteiger partial charge in [0.2, 0.25) is 11.1 Å². The highest BCUT2D eigenvalue weighted by Gasteiger charge is 2.10. The predicted molar refractivity (Wildman–Crippen MR) is 52.4 cm³/mol. The van der Waals surface area contributed by atoms with Gasteiger partial charge in [0, 0.05) is 11.3 Å². The highest BCUT2D eigenvalue weighted by molar-refractivity contribution is 5.40. The zero-order chi connectivity index (χ0) is 10.1. The molecule has 0 fully saturated rings. The van der Waals surface area contributed by atoms with Gasteiger partial charge in [0.1, 0.15) is 6.33 Å². The highest BCUT2D eigenvalue weighted by atomic mass is 16.1. The number of rotatable bonds is 2. The quantitative estimate of drug-likeness (QED) is 0.755. The number of hydrogen-bond acceptors (Lipinski definition) is 3. The summed E-state index contributed by atoms with van der Waals surface area (Å²) >= 11 is 0. The molecule has 0 radical (unpaired) electrons. The lowest BCUT2D eigenvalue weighted by Crippen LogP contribution is -2.17. The molecule has 5 nitrogen and oxygen atoms in total. The Bertz CT molecular complexity index is 511. The predicted octanol–water partition coefficient (Wildman–Crippen LogP) is 0.542. The fraction of sp³-hybridized carbons (Fsp3) is 0.444. The number of fused-ring (bicyclic) bond motifs is 1. The summed E-state index contributed by atoms with van der Waals surface area (Å²) in [5.74, 6) is 0. The van der Waals surface area contributed by atoms with E-state index in [2.05, 4.69) is 15.3 Å². The molecule has 0 saturated heterocycles. The number of aromatic nitrogens is 4. The van der Waals surface area contributed by atoms with Gasteiger partial charge in [-0.2, -0.15) is 0 Å². The Kier molecular flexibility index (Phi) is 2.07. The zero-order valence-electron chi connectivity index (χ0n) is 8.24. The van der Waals surface area contributed by atoms with Crippen LogP contribution in [0.1, 0.15) is 25.1 Å². The first kappa shape index (κ1) is 8.93. The molecule has 0 bridgehead atoms. The van der Waals surface area contributed by atoms with Gasteiger partial charge in [-0.05, 0) is 12.8 Å². The van der Waals surface area contributed by atoms with Gasteiger partial charge in [0.05, 0.1) is 0 Å². The lowest BCUT2D eigenvalue weighted by atomic mass is 10.1. The Balaban J connectivity index is 2.86. The summed E-state index contributed by atoms with van der Waals surface area (Å²) in [7, 11) is 0. The number of nitrogens with zero attached hydrogens (tertiary/aromatic N) is 3. The Morgan fingerprint density at radius 1 is 1.43 bits per heavy atom.